The Morgan fingerprint density at radius 1 is 1.10 bits per heavy atom. The largest absolute Gasteiger partial charge is 0.390 e. The third-order valence-electron chi connectivity index (χ3n) is 0.902. The van der Waals surface area contributed by atoms with Gasteiger partial charge in [-0.2, -0.15) is 17.6 Å². The summed E-state index contributed by atoms with van der Waals surface area (Å²) in [7, 11) is 0. The van der Waals surface area contributed by atoms with Gasteiger partial charge in [0, 0.05) is 0 Å². The highest BCUT2D eigenvalue weighted by molar-refractivity contribution is 9.09. The van der Waals surface area contributed by atoms with Gasteiger partial charge in [0.25, 0.3) is 0 Å². The molecule has 0 saturated carbocycles. The van der Waals surface area contributed by atoms with Gasteiger partial charge < -0.3 is 5.11 Å². The van der Waals surface area contributed by atoms with Crippen LogP contribution in [0.1, 0.15) is 0 Å². The zero-order valence-corrected chi connectivity index (χ0v) is 6.34. The van der Waals surface area contributed by atoms with Gasteiger partial charge in [0.2, 0.25) is 0 Å². The molecule has 0 aromatic rings. The van der Waals surface area contributed by atoms with E-state index in [2.05, 4.69) is 15.9 Å². The number of alkyl halides is 5. The molecular weight excluding hydrogens is 220 g/mol. The lowest BCUT2D eigenvalue weighted by atomic mass is 10.2. The molecule has 0 aromatic heterocycles. The second kappa shape index (κ2) is 3.04. The quantitative estimate of drug-likeness (QED) is 0.571. The first kappa shape index (κ1) is 10.2. The lowest BCUT2D eigenvalue weighted by Gasteiger charge is -2.22. The van der Waals surface area contributed by atoms with Crippen molar-refractivity contribution < 1.29 is 22.7 Å². The minimum absolute atomic E-state index is 1.16. The molecule has 10 heavy (non-hydrogen) atoms. The van der Waals surface area contributed by atoms with Gasteiger partial charge in [0.15, 0.2) is 0 Å². The van der Waals surface area contributed by atoms with E-state index >= 15 is 0 Å². The van der Waals surface area contributed by atoms with Crippen molar-refractivity contribution in [2.24, 2.45) is 0 Å². The van der Waals surface area contributed by atoms with Gasteiger partial charge >= 0.3 is 11.8 Å². The highest BCUT2D eigenvalue weighted by Crippen LogP contribution is 2.34. The van der Waals surface area contributed by atoms with Gasteiger partial charge in [0.1, 0.15) is 6.61 Å². The Labute approximate surface area is 63.2 Å². The van der Waals surface area contributed by atoms with Gasteiger partial charge in [-0.3, -0.25) is 0 Å². The Bertz CT molecular complexity index is 102. The summed E-state index contributed by atoms with van der Waals surface area (Å²) >= 11 is 2.21. The first-order chi connectivity index (χ1) is 4.37. The summed E-state index contributed by atoms with van der Waals surface area (Å²) in [4.78, 5) is 0. The molecule has 6 heteroatoms. The zero-order chi connectivity index (χ0) is 8.41. The van der Waals surface area contributed by atoms with Crippen LogP contribution in [0.25, 0.3) is 0 Å². The molecule has 0 radical (unpaired) electrons. The number of aliphatic hydroxyl groups excluding tert-OH is 1. The molecule has 0 aliphatic rings. The summed E-state index contributed by atoms with van der Waals surface area (Å²) in [5.41, 5.74) is 0. The second-order valence-electron chi connectivity index (χ2n) is 1.70. The monoisotopic (exact) mass is 224 g/mol. The van der Waals surface area contributed by atoms with Crippen molar-refractivity contribution in [3.05, 3.63) is 0 Å². The van der Waals surface area contributed by atoms with E-state index in [1.54, 1.807) is 0 Å². The summed E-state index contributed by atoms with van der Waals surface area (Å²) in [6.45, 7) is -1.84. The highest BCUT2D eigenvalue weighted by Gasteiger charge is 2.54. The van der Waals surface area contributed by atoms with Crippen LogP contribution in [0.15, 0.2) is 0 Å². The molecule has 0 aliphatic heterocycles. The van der Waals surface area contributed by atoms with Crippen molar-refractivity contribution in [2.75, 3.05) is 11.9 Å². The Hall–Kier alpha value is 0.160. The van der Waals surface area contributed by atoms with E-state index in [9.17, 15) is 17.6 Å². The van der Waals surface area contributed by atoms with Crippen LogP contribution in [-0.4, -0.2) is 28.9 Å². The van der Waals surface area contributed by atoms with Crippen molar-refractivity contribution in [2.45, 2.75) is 11.8 Å². The molecule has 1 nitrogen and oxygen atoms in total. The number of hydrogen-bond donors (Lipinski definition) is 1. The van der Waals surface area contributed by atoms with Crippen LogP contribution >= 0.6 is 15.9 Å². The Balaban J connectivity index is 4.28. The van der Waals surface area contributed by atoms with Crippen LogP contribution in [0, 0.1) is 0 Å². The average Bonchev–Trinajstić information content (AvgIpc) is 1.88. The SMILES string of the molecule is OCC(F)(F)C(F)(F)CBr. The maximum atomic E-state index is 12.0. The fourth-order valence-electron chi connectivity index (χ4n) is 0.213. The van der Waals surface area contributed by atoms with Gasteiger partial charge in [-0.1, -0.05) is 15.9 Å². The zero-order valence-electron chi connectivity index (χ0n) is 4.75. The van der Waals surface area contributed by atoms with E-state index < -0.39 is 23.8 Å². The lowest BCUT2D eigenvalue weighted by Crippen LogP contribution is -2.44. The van der Waals surface area contributed by atoms with Gasteiger partial charge in [-0.05, 0) is 0 Å². The number of halogens is 5. The maximum absolute atomic E-state index is 12.0. The minimum Gasteiger partial charge on any atom is -0.390 e. The number of hydrogen-bond acceptors (Lipinski definition) is 1. The molecule has 0 amide bonds. The van der Waals surface area contributed by atoms with Crippen molar-refractivity contribution >= 4 is 15.9 Å². The predicted molar refractivity (Wildman–Crippen MR) is 30.8 cm³/mol. The fraction of sp³-hybridized carbons (Fsp3) is 1.00. The molecule has 0 rings (SSSR count). The topological polar surface area (TPSA) is 20.2 Å². The van der Waals surface area contributed by atoms with Crippen LogP contribution < -0.4 is 0 Å². The van der Waals surface area contributed by atoms with Crippen LogP contribution in [0.4, 0.5) is 17.6 Å². The second-order valence-corrected chi connectivity index (χ2v) is 2.26. The molecule has 0 bridgehead atoms. The molecule has 0 unspecified atom stereocenters. The molecule has 0 aromatic carbocycles. The van der Waals surface area contributed by atoms with E-state index in [-0.39, 0.29) is 0 Å². The van der Waals surface area contributed by atoms with Crippen molar-refractivity contribution in [3.63, 3.8) is 0 Å². The van der Waals surface area contributed by atoms with Crippen LogP contribution in [0.2, 0.25) is 0 Å². The van der Waals surface area contributed by atoms with Crippen LogP contribution in [0.3, 0.4) is 0 Å². The molecule has 0 atom stereocenters. The van der Waals surface area contributed by atoms with Crippen LogP contribution in [0.5, 0.6) is 0 Å². The Kier molecular flexibility index (Phi) is 3.09. The molecule has 0 heterocycles. The molecule has 0 spiro atoms. The highest BCUT2D eigenvalue weighted by atomic mass is 79.9. The summed E-state index contributed by atoms with van der Waals surface area (Å²) in [6, 6.07) is 0. The molecule has 0 fully saturated rings. The molecule has 62 valence electrons. The van der Waals surface area contributed by atoms with E-state index in [0.29, 0.717) is 0 Å². The van der Waals surface area contributed by atoms with E-state index in [1.165, 1.54) is 0 Å². The van der Waals surface area contributed by atoms with Gasteiger partial charge in [0.05, 0.1) is 5.33 Å². The van der Waals surface area contributed by atoms with Crippen LogP contribution in [-0.2, 0) is 0 Å². The molecule has 0 aliphatic carbocycles. The van der Waals surface area contributed by atoms with Gasteiger partial charge in [-0.15, -0.1) is 0 Å². The maximum Gasteiger partial charge on any atom is 0.333 e. The predicted octanol–water partition coefficient (Wildman–Crippen LogP) is 1.64. The van der Waals surface area contributed by atoms with Crippen molar-refractivity contribution in [1.29, 1.82) is 0 Å². The Morgan fingerprint density at radius 2 is 1.50 bits per heavy atom. The lowest BCUT2D eigenvalue weighted by molar-refractivity contribution is -0.211. The minimum atomic E-state index is -4.34. The van der Waals surface area contributed by atoms with Crippen molar-refractivity contribution in [1.82, 2.24) is 0 Å². The third kappa shape index (κ3) is 1.82. The van der Waals surface area contributed by atoms with E-state index in [4.69, 9.17) is 5.11 Å². The summed E-state index contributed by atoms with van der Waals surface area (Å²) < 4.78 is 47.8. The summed E-state index contributed by atoms with van der Waals surface area (Å²) in [5.74, 6) is -8.52. The van der Waals surface area contributed by atoms with Crippen molar-refractivity contribution in [3.8, 4) is 0 Å². The normalized spacial score (nSPS) is 13.8. The number of rotatable bonds is 3. The first-order valence-electron chi connectivity index (χ1n) is 2.30. The average molecular weight is 225 g/mol. The smallest absolute Gasteiger partial charge is 0.333 e. The summed E-state index contributed by atoms with van der Waals surface area (Å²) in [5, 5.41) is 6.65. The third-order valence-corrected chi connectivity index (χ3v) is 1.61. The number of aliphatic hydroxyl groups is 1. The standard InChI is InChI=1S/C4H5BrF4O/c5-1-3(6,7)4(8,9)2-10/h10H,1-2H2. The van der Waals surface area contributed by atoms with E-state index in [0.717, 1.165) is 0 Å². The van der Waals surface area contributed by atoms with E-state index in [1.807, 2.05) is 0 Å². The summed E-state index contributed by atoms with van der Waals surface area (Å²) in [6.07, 6.45) is 0. The fourth-order valence-corrected chi connectivity index (χ4v) is 0.624. The molecular formula is C4H5BrF4O. The van der Waals surface area contributed by atoms with Gasteiger partial charge in [-0.25, -0.2) is 0 Å². The first-order valence-corrected chi connectivity index (χ1v) is 3.42. The molecule has 0 saturated heterocycles. The molecule has 1 N–H and O–H groups in total. The Morgan fingerprint density at radius 3 is 1.60 bits per heavy atom.